The van der Waals surface area contributed by atoms with Crippen molar-refractivity contribution in [2.24, 2.45) is 5.92 Å². The van der Waals surface area contributed by atoms with Crippen molar-refractivity contribution >= 4 is 17.5 Å². The number of carbonyl (C=O) groups is 1. The first-order chi connectivity index (χ1) is 16.4. The molecule has 1 aliphatic heterocycles. The molecule has 4 heterocycles. The fourth-order valence-corrected chi connectivity index (χ4v) is 3.99. The Kier molecular flexibility index (Phi) is 6.50. The monoisotopic (exact) mass is 489 g/mol. The molecule has 0 spiro atoms. The third-order valence-electron chi connectivity index (χ3n) is 5.83. The summed E-state index contributed by atoms with van der Waals surface area (Å²) < 4.78 is 38.6. The van der Waals surface area contributed by atoms with Crippen molar-refractivity contribution in [3.05, 3.63) is 48.2 Å². The molecule has 35 heavy (non-hydrogen) atoms. The van der Waals surface area contributed by atoms with Gasteiger partial charge in [-0.15, -0.1) is 0 Å². The molecule has 1 unspecified atom stereocenters. The molecule has 186 valence electrons. The van der Waals surface area contributed by atoms with Crippen molar-refractivity contribution in [2.45, 2.75) is 45.5 Å². The van der Waals surface area contributed by atoms with E-state index in [1.54, 1.807) is 39.0 Å². The van der Waals surface area contributed by atoms with E-state index < -0.39 is 24.2 Å². The van der Waals surface area contributed by atoms with Gasteiger partial charge in [-0.25, -0.2) is 15.0 Å². The van der Waals surface area contributed by atoms with Crippen LogP contribution in [-0.2, 0) is 6.54 Å². The molecule has 2 N–H and O–H groups in total. The quantitative estimate of drug-likeness (QED) is 0.546. The van der Waals surface area contributed by atoms with Gasteiger partial charge in [-0.3, -0.25) is 9.48 Å². The topological polar surface area (TPSA) is 109 Å². The van der Waals surface area contributed by atoms with Crippen molar-refractivity contribution in [1.82, 2.24) is 24.7 Å². The predicted octanol–water partition coefficient (Wildman–Crippen LogP) is 3.46. The number of halogens is 3. The van der Waals surface area contributed by atoms with Crippen molar-refractivity contribution in [1.29, 1.82) is 0 Å². The molecule has 12 heteroatoms. The van der Waals surface area contributed by atoms with E-state index in [-0.39, 0.29) is 11.6 Å². The van der Waals surface area contributed by atoms with Gasteiger partial charge in [0.2, 0.25) is 0 Å². The summed E-state index contributed by atoms with van der Waals surface area (Å²) in [5.41, 5.74) is -0.0414. The van der Waals surface area contributed by atoms with Crippen LogP contribution in [0.5, 0.6) is 0 Å². The zero-order chi connectivity index (χ0) is 25.4. The molecule has 1 amide bonds. The van der Waals surface area contributed by atoms with Gasteiger partial charge < -0.3 is 15.3 Å². The summed E-state index contributed by atoms with van der Waals surface area (Å²) in [5.74, 6) is 1.01. The average Bonchev–Trinajstić information content (AvgIpc) is 3.42. The number of alkyl halides is 3. The van der Waals surface area contributed by atoms with Gasteiger partial charge in [0.05, 0.1) is 17.5 Å². The zero-order valence-electron chi connectivity index (χ0n) is 19.5. The number of carbonyl (C=O) groups excluding carboxylic acids is 1. The van der Waals surface area contributed by atoms with Gasteiger partial charge in [-0.2, -0.15) is 18.3 Å². The maximum Gasteiger partial charge on any atom is 0.408 e. The number of hydrogen-bond acceptors (Lipinski definition) is 7. The van der Waals surface area contributed by atoms with Gasteiger partial charge in [0.1, 0.15) is 29.7 Å². The second-order valence-electron chi connectivity index (χ2n) is 9.15. The SMILES string of the molecule is Cc1nc(NC(=O)c2cccc(-c3cnn(CC(F)(F)F)c3)n2)cc(N2CCC(C(C)(C)O)C2)n1. The summed E-state index contributed by atoms with van der Waals surface area (Å²) in [4.78, 5) is 28.0. The van der Waals surface area contributed by atoms with Crippen molar-refractivity contribution in [3.8, 4) is 11.3 Å². The normalized spacial score (nSPS) is 16.5. The van der Waals surface area contributed by atoms with Gasteiger partial charge in [0, 0.05) is 36.8 Å². The molecule has 0 saturated carbocycles. The van der Waals surface area contributed by atoms with Crippen LogP contribution in [0.25, 0.3) is 11.3 Å². The minimum absolute atomic E-state index is 0.0761. The molecule has 1 fully saturated rings. The predicted molar refractivity (Wildman–Crippen MR) is 123 cm³/mol. The summed E-state index contributed by atoms with van der Waals surface area (Å²) in [5, 5.41) is 16.8. The first-order valence-electron chi connectivity index (χ1n) is 11.1. The largest absolute Gasteiger partial charge is 0.408 e. The molecule has 1 aliphatic rings. The Morgan fingerprint density at radius 1 is 1.23 bits per heavy atom. The summed E-state index contributed by atoms with van der Waals surface area (Å²) >= 11 is 0. The second-order valence-corrected chi connectivity index (χ2v) is 9.15. The number of amides is 1. The van der Waals surface area contributed by atoms with Crippen LogP contribution in [0.15, 0.2) is 36.7 Å². The number of nitrogens with zero attached hydrogens (tertiary/aromatic N) is 6. The fourth-order valence-electron chi connectivity index (χ4n) is 3.99. The zero-order valence-corrected chi connectivity index (χ0v) is 19.5. The highest BCUT2D eigenvalue weighted by atomic mass is 19.4. The van der Waals surface area contributed by atoms with Crippen LogP contribution in [0.4, 0.5) is 24.8 Å². The fraction of sp³-hybridized carbons (Fsp3) is 0.435. The Morgan fingerprint density at radius 2 is 2.00 bits per heavy atom. The number of rotatable bonds is 6. The second kappa shape index (κ2) is 9.25. The van der Waals surface area contributed by atoms with E-state index in [4.69, 9.17) is 0 Å². The summed E-state index contributed by atoms with van der Waals surface area (Å²) in [6.45, 7) is 5.46. The van der Waals surface area contributed by atoms with Crippen LogP contribution in [0.2, 0.25) is 0 Å². The van der Waals surface area contributed by atoms with E-state index in [2.05, 4.69) is 25.4 Å². The van der Waals surface area contributed by atoms with E-state index in [1.807, 2.05) is 4.90 Å². The lowest BCUT2D eigenvalue weighted by atomic mass is 9.90. The smallest absolute Gasteiger partial charge is 0.390 e. The van der Waals surface area contributed by atoms with Gasteiger partial charge in [0.25, 0.3) is 5.91 Å². The van der Waals surface area contributed by atoms with Crippen molar-refractivity contribution in [3.63, 3.8) is 0 Å². The maximum absolute atomic E-state index is 12.9. The van der Waals surface area contributed by atoms with E-state index in [1.165, 1.54) is 18.5 Å². The van der Waals surface area contributed by atoms with E-state index in [9.17, 15) is 23.1 Å². The molecule has 3 aromatic heterocycles. The molecule has 4 rings (SSSR count). The Morgan fingerprint density at radius 3 is 2.69 bits per heavy atom. The molecular weight excluding hydrogens is 463 g/mol. The lowest BCUT2D eigenvalue weighted by Crippen LogP contribution is -2.33. The van der Waals surface area contributed by atoms with E-state index in [0.717, 1.165) is 17.6 Å². The lowest BCUT2D eigenvalue weighted by molar-refractivity contribution is -0.142. The van der Waals surface area contributed by atoms with Crippen LogP contribution in [0.3, 0.4) is 0 Å². The highest BCUT2D eigenvalue weighted by Crippen LogP contribution is 2.30. The third-order valence-corrected chi connectivity index (χ3v) is 5.83. The Labute approximate surface area is 200 Å². The Hall–Kier alpha value is -3.54. The van der Waals surface area contributed by atoms with E-state index in [0.29, 0.717) is 35.3 Å². The van der Waals surface area contributed by atoms with Crippen LogP contribution >= 0.6 is 0 Å². The van der Waals surface area contributed by atoms with Gasteiger partial charge >= 0.3 is 6.18 Å². The first-order valence-corrected chi connectivity index (χ1v) is 11.1. The number of nitrogens with one attached hydrogen (secondary N) is 1. The summed E-state index contributed by atoms with van der Waals surface area (Å²) in [7, 11) is 0. The highest BCUT2D eigenvalue weighted by Gasteiger charge is 2.34. The number of aliphatic hydroxyl groups is 1. The summed E-state index contributed by atoms with van der Waals surface area (Å²) in [6.07, 6.45) is -1.07. The molecule has 0 aromatic carbocycles. The van der Waals surface area contributed by atoms with Crippen molar-refractivity contribution in [2.75, 3.05) is 23.3 Å². The maximum atomic E-state index is 12.9. The molecule has 0 radical (unpaired) electrons. The number of hydrogen-bond donors (Lipinski definition) is 2. The molecule has 0 aliphatic carbocycles. The molecule has 0 bridgehead atoms. The molecule has 1 saturated heterocycles. The minimum Gasteiger partial charge on any atom is -0.390 e. The average molecular weight is 490 g/mol. The Balaban J connectivity index is 1.49. The van der Waals surface area contributed by atoms with Crippen LogP contribution < -0.4 is 10.2 Å². The molecule has 3 aromatic rings. The number of aryl methyl sites for hydroxylation is 1. The van der Waals surface area contributed by atoms with Gasteiger partial charge in [0.15, 0.2) is 0 Å². The third kappa shape index (κ3) is 6.13. The molecular formula is C23H26F3N7O2. The van der Waals surface area contributed by atoms with Gasteiger partial charge in [-0.1, -0.05) is 6.07 Å². The van der Waals surface area contributed by atoms with Crippen LogP contribution in [-0.4, -0.2) is 60.6 Å². The van der Waals surface area contributed by atoms with Gasteiger partial charge in [-0.05, 0) is 39.3 Å². The van der Waals surface area contributed by atoms with E-state index >= 15 is 0 Å². The Bertz CT molecular complexity index is 1220. The van der Waals surface area contributed by atoms with Crippen LogP contribution in [0, 0.1) is 12.8 Å². The number of pyridine rings is 1. The standard InChI is InChI=1S/C23H26F3N7O2/c1-14-28-19(9-20(29-14)32-8-7-16(12-32)22(2,3)35)31-21(34)18-6-4-5-17(30-18)15-10-27-33(11-15)13-23(24,25)26/h4-6,9-11,16,35H,7-8,12-13H2,1-3H3,(H,28,29,31,34). The number of anilines is 2. The number of aromatic nitrogens is 5. The first kappa shape index (κ1) is 24.6. The minimum atomic E-state index is -4.39. The van der Waals surface area contributed by atoms with Crippen molar-refractivity contribution < 1.29 is 23.1 Å². The molecule has 9 nitrogen and oxygen atoms in total. The molecule has 1 atom stereocenters. The summed E-state index contributed by atoms with van der Waals surface area (Å²) in [6, 6.07) is 6.35. The van der Waals surface area contributed by atoms with Crippen LogP contribution in [0.1, 0.15) is 36.6 Å². The lowest BCUT2D eigenvalue weighted by Gasteiger charge is -2.26. The highest BCUT2D eigenvalue weighted by molar-refractivity contribution is 6.02.